The first kappa shape index (κ1) is 17.9. The van der Waals surface area contributed by atoms with Crippen molar-refractivity contribution in [3.8, 4) is 0 Å². The Balaban J connectivity index is 1.48. The number of fused-ring (bicyclic) bond motifs is 1. The van der Waals surface area contributed by atoms with Crippen LogP contribution in [-0.2, 0) is 20.7 Å². The van der Waals surface area contributed by atoms with Gasteiger partial charge in [0.15, 0.2) is 17.6 Å². The minimum absolute atomic E-state index is 0.0592. The maximum absolute atomic E-state index is 12.0. The lowest BCUT2D eigenvalue weighted by Gasteiger charge is -2.12. The fourth-order valence-corrected chi connectivity index (χ4v) is 2.33. The number of ether oxygens (including phenoxy) is 1. The van der Waals surface area contributed by atoms with Gasteiger partial charge in [0, 0.05) is 12.6 Å². The summed E-state index contributed by atoms with van der Waals surface area (Å²) in [6.45, 7) is 1.49. The maximum atomic E-state index is 12.0. The number of pyridine rings is 1. The van der Waals surface area contributed by atoms with Crippen LogP contribution in [0.4, 0.5) is 5.82 Å². The molecule has 0 aliphatic carbocycles. The van der Waals surface area contributed by atoms with Gasteiger partial charge in [-0.05, 0) is 31.2 Å². The van der Waals surface area contributed by atoms with Crippen LogP contribution in [0.25, 0.3) is 11.1 Å². The highest BCUT2D eigenvalue weighted by Crippen LogP contribution is 2.16. The Kier molecular flexibility index (Phi) is 5.48. The number of hydrogen-bond acceptors (Lipinski definition) is 6. The van der Waals surface area contributed by atoms with Gasteiger partial charge in [0.1, 0.15) is 11.3 Å². The SMILES string of the molecule is C[C@H](OC(=O)CCc1nc2ccccc2o1)C(=O)Nc1ccc(Cl)cn1. The van der Waals surface area contributed by atoms with Crippen molar-refractivity contribution in [1.29, 1.82) is 0 Å². The molecule has 2 heterocycles. The zero-order chi connectivity index (χ0) is 18.5. The fourth-order valence-electron chi connectivity index (χ4n) is 2.22. The highest BCUT2D eigenvalue weighted by atomic mass is 35.5. The van der Waals surface area contributed by atoms with Gasteiger partial charge in [0.05, 0.1) is 11.4 Å². The summed E-state index contributed by atoms with van der Waals surface area (Å²) in [6, 6.07) is 10.5. The van der Waals surface area contributed by atoms with Gasteiger partial charge < -0.3 is 14.5 Å². The number of rotatable bonds is 6. The van der Waals surface area contributed by atoms with Crippen molar-refractivity contribution >= 4 is 40.4 Å². The van der Waals surface area contributed by atoms with Gasteiger partial charge in [0.25, 0.3) is 5.91 Å². The highest BCUT2D eigenvalue weighted by molar-refractivity contribution is 6.30. The van der Waals surface area contributed by atoms with Crippen LogP contribution >= 0.6 is 11.6 Å². The van der Waals surface area contributed by atoms with Crippen LogP contribution in [0.5, 0.6) is 0 Å². The van der Waals surface area contributed by atoms with E-state index in [0.717, 1.165) is 5.52 Å². The topological polar surface area (TPSA) is 94.3 Å². The second-order valence-electron chi connectivity index (χ2n) is 5.56. The van der Waals surface area contributed by atoms with Crippen molar-refractivity contribution in [3.63, 3.8) is 0 Å². The quantitative estimate of drug-likeness (QED) is 0.665. The van der Waals surface area contributed by atoms with E-state index < -0.39 is 18.0 Å². The van der Waals surface area contributed by atoms with Crippen LogP contribution in [0.2, 0.25) is 5.02 Å². The third-order valence-corrected chi connectivity index (χ3v) is 3.76. The molecular weight excluding hydrogens is 358 g/mol. The van der Waals surface area contributed by atoms with E-state index in [1.165, 1.54) is 13.1 Å². The van der Waals surface area contributed by atoms with Crippen LogP contribution in [0.3, 0.4) is 0 Å². The van der Waals surface area contributed by atoms with E-state index in [4.69, 9.17) is 20.8 Å². The first-order valence-electron chi connectivity index (χ1n) is 7.97. The average molecular weight is 374 g/mol. The number of carbonyl (C=O) groups is 2. The largest absolute Gasteiger partial charge is 0.453 e. The standard InChI is InChI=1S/C18H16ClN3O4/c1-11(18(24)22-15-7-6-12(19)10-20-15)25-17(23)9-8-16-21-13-4-2-3-5-14(13)26-16/h2-7,10-11H,8-9H2,1H3,(H,20,22,24)/t11-/m0/s1. The third kappa shape index (κ3) is 4.58. The molecule has 0 saturated carbocycles. The van der Waals surface area contributed by atoms with Crippen LogP contribution < -0.4 is 5.32 Å². The number of aryl methyl sites for hydroxylation is 1. The maximum Gasteiger partial charge on any atom is 0.307 e. The molecule has 8 heteroatoms. The first-order valence-corrected chi connectivity index (χ1v) is 8.35. The lowest BCUT2D eigenvalue weighted by molar-refractivity contribution is -0.153. The van der Waals surface area contributed by atoms with E-state index in [0.29, 0.717) is 28.7 Å². The van der Waals surface area contributed by atoms with Gasteiger partial charge in [-0.2, -0.15) is 0 Å². The smallest absolute Gasteiger partial charge is 0.307 e. The Bertz CT molecular complexity index is 891. The molecule has 134 valence electrons. The second-order valence-corrected chi connectivity index (χ2v) is 5.99. The molecular formula is C18H16ClN3O4. The van der Waals surface area contributed by atoms with Crippen LogP contribution in [0.15, 0.2) is 47.0 Å². The lowest BCUT2D eigenvalue weighted by Crippen LogP contribution is -2.30. The number of oxazole rings is 1. The Morgan fingerprint density at radius 1 is 1.27 bits per heavy atom. The van der Waals surface area contributed by atoms with E-state index >= 15 is 0 Å². The molecule has 1 atom stereocenters. The normalized spacial score (nSPS) is 11.9. The number of nitrogens with one attached hydrogen (secondary N) is 1. The van der Waals surface area contributed by atoms with Crippen molar-refractivity contribution in [2.45, 2.75) is 25.9 Å². The molecule has 1 N–H and O–H groups in total. The number of benzene rings is 1. The minimum Gasteiger partial charge on any atom is -0.453 e. The number of halogens is 1. The minimum atomic E-state index is -0.955. The van der Waals surface area contributed by atoms with Gasteiger partial charge in [-0.15, -0.1) is 0 Å². The van der Waals surface area contributed by atoms with Crippen molar-refractivity contribution in [2.24, 2.45) is 0 Å². The summed E-state index contributed by atoms with van der Waals surface area (Å²) in [5.74, 6) is -0.214. The number of esters is 1. The zero-order valence-corrected chi connectivity index (χ0v) is 14.7. The highest BCUT2D eigenvalue weighted by Gasteiger charge is 2.19. The summed E-state index contributed by atoms with van der Waals surface area (Å²) >= 11 is 5.73. The number of anilines is 1. The van der Waals surface area contributed by atoms with Crippen molar-refractivity contribution < 1.29 is 18.7 Å². The van der Waals surface area contributed by atoms with Gasteiger partial charge in [-0.25, -0.2) is 9.97 Å². The summed E-state index contributed by atoms with van der Waals surface area (Å²) < 4.78 is 10.7. The number of carbonyl (C=O) groups excluding carboxylic acids is 2. The summed E-state index contributed by atoms with van der Waals surface area (Å²) in [6.07, 6.45) is 0.807. The number of para-hydroxylation sites is 2. The predicted octanol–water partition coefficient (Wildman–Crippen LogP) is 3.38. The second kappa shape index (κ2) is 7.97. The van der Waals surface area contributed by atoms with Gasteiger partial charge in [-0.1, -0.05) is 23.7 Å². The number of nitrogens with zero attached hydrogens (tertiary/aromatic N) is 2. The molecule has 0 aliphatic rings. The first-order chi connectivity index (χ1) is 12.5. The number of amides is 1. The van der Waals surface area contributed by atoms with E-state index in [1.54, 1.807) is 18.2 Å². The number of aromatic nitrogens is 2. The van der Waals surface area contributed by atoms with Crippen LogP contribution in [0, 0.1) is 0 Å². The van der Waals surface area contributed by atoms with Crippen molar-refractivity contribution in [2.75, 3.05) is 5.32 Å². The monoisotopic (exact) mass is 373 g/mol. The van der Waals surface area contributed by atoms with Crippen molar-refractivity contribution in [1.82, 2.24) is 9.97 Å². The molecule has 0 saturated heterocycles. The molecule has 0 aliphatic heterocycles. The van der Waals surface area contributed by atoms with Gasteiger partial charge in [-0.3, -0.25) is 9.59 Å². The van der Waals surface area contributed by atoms with E-state index in [9.17, 15) is 9.59 Å². The Morgan fingerprint density at radius 3 is 2.81 bits per heavy atom. The average Bonchev–Trinajstić information content (AvgIpc) is 3.05. The fraction of sp³-hybridized carbons (Fsp3) is 0.222. The summed E-state index contributed by atoms with van der Waals surface area (Å²) in [5, 5.41) is 3.01. The number of hydrogen-bond donors (Lipinski definition) is 1. The van der Waals surface area contributed by atoms with Crippen LogP contribution in [-0.4, -0.2) is 27.9 Å². The molecule has 1 amide bonds. The Morgan fingerprint density at radius 2 is 2.08 bits per heavy atom. The summed E-state index contributed by atoms with van der Waals surface area (Å²) in [5.41, 5.74) is 1.40. The van der Waals surface area contributed by atoms with Crippen LogP contribution in [0.1, 0.15) is 19.2 Å². The van der Waals surface area contributed by atoms with Crippen molar-refractivity contribution in [3.05, 3.63) is 53.5 Å². The third-order valence-electron chi connectivity index (χ3n) is 3.54. The Labute approximate surface area is 154 Å². The lowest BCUT2D eigenvalue weighted by atomic mass is 10.3. The molecule has 0 radical (unpaired) electrons. The van der Waals surface area contributed by atoms with E-state index in [-0.39, 0.29) is 6.42 Å². The molecule has 0 unspecified atom stereocenters. The molecule has 0 fully saturated rings. The molecule has 3 aromatic rings. The molecule has 2 aromatic heterocycles. The van der Waals surface area contributed by atoms with E-state index in [1.807, 2.05) is 18.2 Å². The van der Waals surface area contributed by atoms with E-state index in [2.05, 4.69) is 15.3 Å². The predicted molar refractivity (Wildman–Crippen MR) is 95.8 cm³/mol. The summed E-state index contributed by atoms with van der Waals surface area (Å²) in [7, 11) is 0. The molecule has 1 aromatic carbocycles. The zero-order valence-electron chi connectivity index (χ0n) is 13.9. The van der Waals surface area contributed by atoms with Gasteiger partial charge >= 0.3 is 5.97 Å². The molecule has 3 rings (SSSR count). The molecule has 26 heavy (non-hydrogen) atoms. The molecule has 0 spiro atoms. The Hall–Kier alpha value is -2.93. The molecule has 0 bridgehead atoms. The van der Waals surface area contributed by atoms with Gasteiger partial charge in [0.2, 0.25) is 0 Å². The summed E-state index contributed by atoms with van der Waals surface area (Å²) in [4.78, 5) is 32.2. The molecule has 7 nitrogen and oxygen atoms in total.